The molecule has 0 radical (unpaired) electrons. The van der Waals surface area contributed by atoms with Crippen molar-refractivity contribution in [1.82, 2.24) is 0 Å². The quantitative estimate of drug-likeness (QED) is 0.280. The first-order chi connectivity index (χ1) is 15.3. The van der Waals surface area contributed by atoms with Gasteiger partial charge in [0.2, 0.25) is 0 Å². The average molecular weight is 483 g/mol. The molecule has 6 nitrogen and oxygen atoms in total. The zero-order chi connectivity index (χ0) is 24.8. The maximum atomic E-state index is 12.7. The second-order valence-corrected chi connectivity index (χ2v) is 8.58. The lowest BCUT2D eigenvalue weighted by Gasteiger charge is -2.25. The maximum absolute atomic E-state index is 12.7. The number of nitrogens with one attached hydrogen (secondary N) is 2. The Bertz CT molecular complexity index is 1020. The zero-order valence-electron chi connectivity index (χ0n) is 18.6. The van der Waals surface area contributed by atoms with Crippen LogP contribution in [0.3, 0.4) is 0 Å². The van der Waals surface area contributed by atoms with Gasteiger partial charge in [0, 0.05) is 5.56 Å². The van der Waals surface area contributed by atoms with Gasteiger partial charge >= 0.3 is 12.1 Å². The number of rotatable bonds is 8. The van der Waals surface area contributed by atoms with Gasteiger partial charge in [0.25, 0.3) is 0 Å². The molecule has 0 spiro atoms. The lowest BCUT2D eigenvalue weighted by atomic mass is 10.1. The van der Waals surface area contributed by atoms with Crippen LogP contribution in [0.5, 0.6) is 11.5 Å². The topological polar surface area (TPSA) is 92.5 Å². The predicted molar refractivity (Wildman–Crippen MR) is 122 cm³/mol. The molecule has 2 rings (SSSR count). The fourth-order valence-electron chi connectivity index (χ4n) is 2.62. The zero-order valence-corrected chi connectivity index (χ0v) is 19.4. The standard InChI is InChI=1S/C23H25F3N2O4S/c1-5-30-21(29)22(3,4)32-18-11-10-17(12-14(18)2)31-13-19(27)33-20(28)15-6-8-16(9-7-15)23(24,25)26/h6-12,27-28H,5,13H2,1-4H3. The van der Waals surface area contributed by atoms with Crippen molar-refractivity contribution in [3.63, 3.8) is 0 Å². The summed E-state index contributed by atoms with van der Waals surface area (Å²) in [6, 6.07) is 9.17. The number of halogens is 3. The molecule has 33 heavy (non-hydrogen) atoms. The highest BCUT2D eigenvalue weighted by atomic mass is 32.2. The molecular weight excluding hydrogens is 457 g/mol. The normalized spacial score (nSPS) is 11.6. The summed E-state index contributed by atoms with van der Waals surface area (Å²) in [4.78, 5) is 12.0. The van der Waals surface area contributed by atoms with E-state index in [-0.39, 0.29) is 28.9 Å². The van der Waals surface area contributed by atoms with Crippen LogP contribution in [-0.4, -0.2) is 34.9 Å². The average Bonchev–Trinajstić information content (AvgIpc) is 2.73. The third-order valence-corrected chi connectivity index (χ3v) is 5.15. The van der Waals surface area contributed by atoms with E-state index in [4.69, 9.17) is 25.0 Å². The van der Waals surface area contributed by atoms with Crippen LogP contribution in [-0.2, 0) is 15.7 Å². The van der Waals surface area contributed by atoms with Gasteiger partial charge in [0.05, 0.1) is 12.2 Å². The van der Waals surface area contributed by atoms with Gasteiger partial charge in [-0.2, -0.15) is 13.2 Å². The summed E-state index contributed by atoms with van der Waals surface area (Å²) >= 11 is 0.793. The molecule has 0 saturated heterocycles. The van der Waals surface area contributed by atoms with Crippen LogP contribution in [0.1, 0.15) is 37.5 Å². The minimum Gasteiger partial charge on any atom is -0.487 e. The molecule has 0 bridgehead atoms. The number of carbonyl (C=O) groups is 1. The number of esters is 1. The number of hydrogen-bond donors (Lipinski definition) is 2. The third-order valence-electron chi connectivity index (χ3n) is 4.35. The third kappa shape index (κ3) is 7.52. The van der Waals surface area contributed by atoms with E-state index >= 15 is 0 Å². The van der Waals surface area contributed by atoms with E-state index in [1.165, 1.54) is 12.1 Å². The lowest BCUT2D eigenvalue weighted by Crippen LogP contribution is -2.39. The van der Waals surface area contributed by atoms with Crippen molar-refractivity contribution in [2.45, 2.75) is 39.5 Å². The van der Waals surface area contributed by atoms with Crippen molar-refractivity contribution in [3.05, 3.63) is 59.2 Å². The first-order valence-corrected chi connectivity index (χ1v) is 10.8. The Labute approximate surface area is 194 Å². The van der Waals surface area contributed by atoms with E-state index in [0.29, 0.717) is 17.1 Å². The van der Waals surface area contributed by atoms with Crippen LogP contribution in [0, 0.1) is 17.7 Å². The summed E-state index contributed by atoms with van der Waals surface area (Å²) in [5.41, 5.74) is -0.975. The Morgan fingerprint density at radius 1 is 1.06 bits per heavy atom. The van der Waals surface area contributed by atoms with E-state index in [2.05, 4.69) is 0 Å². The van der Waals surface area contributed by atoms with Crippen LogP contribution in [0.4, 0.5) is 13.2 Å². The van der Waals surface area contributed by atoms with Gasteiger partial charge in [-0.05, 0) is 63.6 Å². The molecule has 0 aliphatic rings. The summed E-state index contributed by atoms with van der Waals surface area (Å²) in [6.45, 7) is 6.84. The number of thioether (sulfide) groups is 1. The van der Waals surface area contributed by atoms with Crippen molar-refractivity contribution >= 4 is 27.8 Å². The number of aryl methyl sites for hydroxylation is 1. The van der Waals surface area contributed by atoms with Crippen molar-refractivity contribution in [2.75, 3.05) is 13.2 Å². The molecular formula is C23H25F3N2O4S. The van der Waals surface area contributed by atoms with E-state index in [0.717, 1.165) is 23.9 Å². The van der Waals surface area contributed by atoms with Crippen LogP contribution in [0.15, 0.2) is 42.5 Å². The molecule has 0 amide bonds. The molecule has 0 aliphatic carbocycles. The minimum absolute atomic E-state index is 0.0151. The molecule has 2 aromatic carbocycles. The van der Waals surface area contributed by atoms with Gasteiger partial charge in [0.15, 0.2) is 5.60 Å². The summed E-state index contributed by atoms with van der Waals surface area (Å²) in [6.07, 6.45) is -4.44. The number of carbonyl (C=O) groups excluding carboxylic acids is 1. The monoisotopic (exact) mass is 482 g/mol. The first-order valence-electron chi connectivity index (χ1n) is 9.94. The van der Waals surface area contributed by atoms with Crippen molar-refractivity contribution in [2.24, 2.45) is 0 Å². The van der Waals surface area contributed by atoms with Crippen LogP contribution < -0.4 is 9.47 Å². The number of hydrogen-bond acceptors (Lipinski definition) is 7. The molecule has 0 heterocycles. The van der Waals surface area contributed by atoms with Crippen LogP contribution in [0.25, 0.3) is 0 Å². The molecule has 0 unspecified atom stereocenters. The van der Waals surface area contributed by atoms with Gasteiger partial charge in [-0.3, -0.25) is 10.8 Å². The summed E-state index contributed by atoms with van der Waals surface area (Å²) in [7, 11) is 0. The van der Waals surface area contributed by atoms with E-state index in [1.807, 2.05) is 0 Å². The lowest BCUT2D eigenvalue weighted by molar-refractivity contribution is -0.158. The first kappa shape index (κ1) is 26.2. The highest BCUT2D eigenvalue weighted by Gasteiger charge is 2.32. The molecule has 0 saturated carbocycles. The van der Waals surface area contributed by atoms with E-state index in [1.54, 1.807) is 45.9 Å². The van der Waals surface area contributed by atoms with Crippen molar-refractivity contribution in [1.29, 1.82) is 10.8 Å². The van der Waals surface area contributed by atoms with Crippen molar-refractivity contribution < 1.29 is 32.2 Å². The van der Waals surface area contributed by atoms with Gasteiger partial charge < -0.3 is 14.2 Å². The number of benzene rings is 2. The molecule has 2 N–H and O–H groups in total. The fraction of sp³-hybridized carbons (Fsp3) is 0.348. The molecule has 0 aliphatic heterocycles. The van der Waals surface area contributed by atoms with Gasteiger partial charge in [-0.25, -0.2) is 4.79 Å². The molecule has 0 atom stereocenters. The molecule has 178 valence electrons. The minimum atomic E-state index is -4.44. The fourth-order valence-corrected chi connectivity index (χ4v) is 3.24. The SMILES string of the molecule is CCOC(=O)C(C)(C)Oc1ccc(OCC(=N)SC(=N)c2ccc(C(F)(F)F)cc2)cc1C. The Hall–Kier alpha value is -3.01. The Morgan fingerprint density at radius 3 is 2.24 bits per heavy atom. The second kappa shape index (κ2) is 10.7. The van der Waals surface area contributed by atoms with Gasteiger partial charge in [0.1, 0.15) is 28.2 Å². The Kier molecular flexibility index (Phi) is 8.54. The maximum Gasteiger partial charge on any atom is 0.416 e. The highest BCUT2D eigenvalue weighted by molar-refractivity contribution is 8.26. The Morgan fingerprint density at radius 2 is 1.70 bits per heavy atom. The van der Waals surface area contributed by atoms with Crippen LogP contribution in [0.2, 0.25) is 0 Å². The second-order valence-electron chi connectivity index (χ2n) is 7.48. The number of ether oxygens (including phenoxy) is 3. The number of alkyl halides is 3. The summed E-state index contributed by atoms with van der Waals surface area (Å²) < 4.78 is 54.3. The molecule has 0 fully saturated rings. The smallest absolute Gasteiger partial charge is 0.416 e. The molecule has 0 aromatic heterocycles. The predicted octanol–water partition coefficient (Wildman–Crippen LogP) is 5.85. The van der Waals surface area contributed by atoms with Crippen molar-refractivity contribution in [3.8, 4) is 11.5 Å². The summed E-state index contributed by atoms with van der Waals surface area (Å²) in [5, 5.41) is 16.0. The highest BCUT2D eigenvalue weighted by Crippen LogP contribution is 2.30. The molecule has 10 heteroatoms. The Balaban J connectivity index is 1.93. The van der Waals surface area contributed by atoms with Crippen LogP contribution >= 0.6 is 11.8 Å². The summed E-state index contributed by atoms with van der Waals surface area (Å²) in [5.74, 6) is 0.458. The molecule has 2 aromatic rings. The van der Waals surface area contributed by atoms with E-state index < -0.39 is 23.3 Å². The van der Waals surface area contributed by atoms with Gasteiger partial charge in [-0.1, -0.05) is 23.9 Å². The van der Waals surface area contributed by atoms with E-state index in [9.17, 15) is 18.0 Å². The van der Waals surface area contributed by atoms with Gasteiger partial charge in [-0.15, -0.1) is 0 Å². The largest absolute Gasteiger partial charge is 0.487 e.